The minimum Gasteiger partial charge on any atom is -0.316 e. The van der Waals surface area contributed by atoms with Crippen LogP contribution < -0.4 is 10.0 Å². The summed E-state index contributed by atoms with van der Waals surface area (Å²) >= 11 is 1.44. The van der Waals surface area contributed by atoms with Crippen LogP contribution in [0.1, 0.15) is 30.6 Å². The third-order valence-electron chi connectivity index (χ3n) is 3.21. The Morgan fingerprint density at radius 2 is 2.11 bits per heavy atom. The highest BCUT2D eigenvalue weighted by Gasteiger charge is 2.29. The van der Waals surface area contributed by atoms with Gasteiger partial charge in [-0.1, -0.05) is 12.8 Å². The Balaban J connectivity index is 1.94. The van der Waals surface area contributed by atoms with E-state index >= 15 is 0 Å². The van der Waals surface area contributed by atoms with Gasteiger partial charge in [0.25, 0.3) is 10.0 Å². The summed E-state index contributed by atoms with van der Waals surface area (Å²) in [4.78, 5) is 5.76. The van der Waals surface area contributed by atoms with E-state index < -0.39 is 10.0 Å². The van der Waals surface area contributed by atoms with E-state index in [4.69, 9.17) is 0 Å². The van der Waals surface area contributed by atoms with Crippen LogP contribution >= 0.6 is 11.3 Å². The van der Waals surface area contributed by atoms with Gasteiger partial charge in [0.15, 0.2) is 0 Å². The van der Waals surface area contributed by atoms with Gasteiger partial charge in [0.05, 0.1) is 6.04 Å². The smallest absolute Gasteiger partial charge is 0.267 e. The van der Waals surface area contributed by atoms with Gasteiger partial charge >= 0.3 is 0 Å². The Bertz CT molecular complexity index is 598. The molecule has 1 fully saturated rings. The summed E-state index contributed by atoms with van der Waals surface area (Å²) < 4.78 is 26.6. The summed E-state index contributed by atoms with van der Waals surface area (Å²) in [6, 6.07) is 1.93. The van der Waals surface area contributed by atoms with E-state index in [9.17, 15) is 8.42 Å². The van der Waals surface area contributed by atoms with Gasteiger partial charge in [-0.3, -0.25) is 0 Å². The molecule has 0 unspecified atom stereocenters. The zero-order valence-electron chi connectivity index (χ0n) is 10.1. The van der Waals surface area contributed by atoms with E-state index in [0.717, 1.165) is 17.7 Å². The third-order valence-corrected chi connectivity index (χ3v) is 5.67. The number of hydrogen-bond acceptors (Lipinski definition) is 4. The number of fused-ring (bicyclic) bond motifs is 1. The largest absolute Gasteiger partial charge is 0.316 e. The van der Waals surface area contributed by atoms with Crippen molar-refractivity contribution in [1.82, 2.24) is 4.72 Å². The highest BCUT2D eigenvalue weighted by Crippen LogP contribution is 2.33. The summed E-state index contributed by atoms with van der Waals surface area (Å²) in [7, 11) is -3.44. The zero-order chi connectivity index (χ0) is 12.8. The fourth-order valence-corrected chi connectivity index (χ4v) is 4.80. The number of guanidine groups is 1. The number of rotatable bonds is 1. The van der Waals surface area contributed by atoms with E-state index in [1.165, 1.54) is 24.2 Å². The van der Waals surface area contributed by atoms with Crippen LogP contribution in [-0.2, 0) is 10.0 Å². The molecule has 2 heterocycles. The molecule has 1 aliphatic carbocycles. The van der Waals surface area contributed by atoms with Gasteiger partial charge in [-0.05, 0) is 25.8 Å². The van der Waals surface area contributed by atoms with Crippen LogP contribution in [0.15, 0.2) is 16.0 Å². The molecule has 0 aromatic carbocycles. The second kappa shape index (κ2) is 4.24. The molecule has 0 radical (unpaired) electrons. The Morgan fingerprint density at radius 1 is 1.39 bits per heavy atom. The SMILES string of the molecule is Cc1cc2c(s1)NC(=NC1CCCC1)NS2(=O)=O. The minimum atomic E-state index is -3.44. The first-order chi connectivity index (χ1) is 8.54. The van der Waals surface area contributed by atoms with Gasteiger partial charge in [-0.2, -0.15) is 0 Å². The van der Waals surface area contributed by atoms with Crippen LogP contribution in [0.5, 0.6) is 0 Å². The molecule has 0 atom stereocenters. The van der Waals surface area contributed by atoms with Crippen molar-refractivity contribution < 1.29 is 8.42 Å². The molecule has 5 nitrogen and oxygen atoms in total. The molecule has 0 bridgehead atoms. The Labute approximate surface area is 110 Å². The lowest BCUT2D eigenvalue weighted by Crippen LogP contribution is -2.40. The van der Waals surface area contributed by atoms with E-state index in [-0.39, 0.29) is 6.04 Å². The topological polar surface area (TPSA) is 70.6 Å². The van der Waals surface area contributed by atoms with Gasteiger partial charge in [0, 0.05) is 4.88 Å². The second-order valence-electron chi connectivity index (χ2n) is 4.70. The normalized spacial score (nSPS) is 24.6. The average molecular weight is 285 g/mol. The van der Waals surface area contributed by atoms with Crippen LogP contribution in [0.3, 0.4) is 0 Å². The minimum absolute atomic E-state index is 0.248. The van der Waals surface area contributed by atoms with Gasteiger partial charge in [-0.25, -0.2) is 18.1 Å². The number of hydrogen-bond donors (Lipinski definition) is 2. The molecule has 1 aliphatic heterocycles. The Hall–Kier alpha value is -1.08. The van der Waals surface area contributed by atoms with Crippen molar-refractivity contribution in [3.05, 3.63) is 10.9 Å². The molecule has 1 aromatic rings. The number of nitrogens with zero attached hydrogens (tertiary/aromatic N) is 1. The second-order valence-corrected chi connectivity index (χ2v) is 7.60. The first-order valence-corrected chi connectivity index (χ1v) is 8.33. The zero-order valence-corrected chi connectivity index (χ0v) is 11.7. The average Bonchev–Trinajstić information content (AvgIpc) is 2.86. The third kappa shape index (κ3) is 2.12. The van der Waals surface area contributed by atoms with Crippen LogP contribution in [0.25, 0.3) is 0 Å². The fourth-order valence-electron chi connectivity index (χ4n) is 2.37. The Morgan fingerprint density at radius 3 is 2.83 bits per heavy atom. The predicted molar refractivity (Wildman–Crippen MR) is 72.7 cm³/mol. The molecule has 98 valence electrons. The molecule has 0 amide bonds. The van der Waals surface area contributed by atoms with Crippen LogP contribution in [0.2, 0.25) is 0 Å². The molecular formula is C11H15N3O2S2. The molecular weight excluding hydrogens is 270 g/mol. The summed E-state index contributed by atoms with van der Waals surface area (Å²) in [6.45, 7) is 1.90. The number of thiophene rings is 1. The number of aryl methyl sites for hydroxylation is 1. The lowest BCUT2D eigenvalue weighted by molar-refractivity contribution is 0.591. The van der Waals surface area contributed by atoms with Gasteiger partial charge in [-0.15, -0.1) is 11.3 Å². The summed E-state index contributed by atoms with van der Waals surface area (Å²) in [5, 5.41) is 3.75. The maximum absolute atomic E-state index is 12.0. The lowest BCUT2D eigenvalue weighted by atomic mass is 10.3. The van der Waals surface area contributed by atoms with Crippen LogP contribution in [0, 0.1) is 6.92 Å². The quantitative estimate of drug-likeness (QED) is 0.829. The molecule has 1 saturated carbocycles. The van der Waals surface area contributed by atoms with Crippen molar-refractivity contribution in [2.24, 2.45) is 4.99 Å². The first-order valence-electron chi connectivity index (χ1n) is 6.03. The predicted octanol–water partition coefficient (Wildman–Crippen LogP) is 2.06. The highest BCUT2D eigenvalue weighted by molar-refractivity contribution is 7.90. The van der Waals surface area contributed by atoms with E-state index in [1.54, 1.807) is 6.07 Å². The molecule has 18 heavy (non-hydrogen) atoms. The molecule has 2 aliphatic rings. The summed E-state index contributed by atoms with van der Waals surface area (Å²) in [6.07, 6.45) is 4.45. The van der Waals surface area contributed by atoms with Crippen LogP contribution in [-0.4, -0.2) is 20.4 Å². The summed E-state index contributed by atoms with van der Waals surface area (Å²) in [5.74, 6) is 0.372. The van der Waals surface area contributed by atoms with E-state index in [0.29, 0.717) is 15.9 Å². The monoisotopic (exact) mass is 285 g/mol. The fraction of sp³-hybridized carbons (Fsp3) is 0.545. The van der Waals surface area contributed by atoms with E-state index in [1.807, 2.05) is 6.92 Å². The van der Waals surface area contributed by atoms with Crippen molar-refractivity contribution in [2.75, 3.05) is 5.32 Å². The number of sulfonamides is 1. The number of nitrogens with one attached hydrogen (secondary N) is 2. The molecule has 7 heteroatoms. The highest BCUT2D eigenvalue weighted by atomic mass is 32.2. The van der Waals surface area contributed by atoms with Crippen molar-refractivity contribution in [3.63, 3.8) is 0 Å². The molecule has 0 saturated heterocycles. The van der Waals surface area contributed by atoms with Crippen molar-refractivity contribution >= 4 is 32.3 Å². The van der Waals surface area contributed by atoms with Crippen LogP contribution in [0.4, 0.5) is 5.00 Å². The van der Waals surface area contributed by atoms with E-state index in [2.05, 4.69) is 15.0 Å². The number of aliphatic imine (C=N–C) groups is 1. The van der Waals surface area contributed by atoms with Gasteiger partial charge < -0.3 is 5.32 Å². The maximum atomic E-state index is 12.0. The van der Waals surface area contributed by atoms with Crippen molar-refractivity contribution in [3.8, 4) is 0 Å². The molecule has 2 N–H and O–H groups in total. The number of anilines is 1. The lowest BCUT2D eigenvalue weighted by Gasteiger charge is -2.19. The molecule has 3 rings (SSSR count). The Kier molecular flexibility index (Phi) is 2.82. The van der Waals surface area contributed by atoms with Crippen molar-refractivity contribution in [2.45, 2.75) is 43.5 Å². The maximum Gasteiger partial charge on any atom is 0.267 e. The van der Waals surface area contributed by atoms with Crippen molar-refractivity contribution in [1.29, 1.82) is 0 Å². The first kappa shape index (κ1) is 12.0. The summed E-state index contributed by atoms with van der Waals surface area (Å²) in [5.41, 5.74) is 0. The van der Waals surface area contributed by atoms with Gasteiger partial charge in [0.2, 0.25) is 5.96 Å². The standard InChI is InChI=1S/C11H15N3O2S2/c1-7-6-9-10(17-7)13-11(14-18(9,15)16)12-8-4-2-3-5-8/h6,8H,2-5H2,1H3,(H2,12,13,14). The van der Waals surface area contributed by atoms with Gasteiger partial charge in [0.1, 0.15) is 9.90 Å². The molecule has 0 spiro atoms. The molecule has 1 aromatic heterocycles.